The Balaban J connectivity index is 2.91. The number of nitrogens with two attached hydrogens (primary N) is 1. The van der Waals surface area contributed by atoms with Gasteiger partial charge in [0, 0.05) is 6.04 Å². The van der Waals surface area contributed by atoms with Crippen LogP contribution in [0.25, 0.3) is 0 Å². The van der Waals surface area contributed by atoms with Gasteiger partial charge in [-0.25, -0.2) is 8.42 Å². The van der Waals surface area contributed by atoms with Crippen molar-refractivity contribution in [1.82, 2.24) is 0 Å². The molecule has 84 valence electrons. The highest BCUT2D eigenvalue weighted by Crippen LogP contribution is 2.13. The Morgan fingerprint density at radius 1 is 1.27 bits per heavy atom. The molecule has 1 unspecified atom stereocenters. The second-order valence-electron chi connectivity index (χ2n) is 3.73. The first-order valence-corrected chi connectivity index (χ1v) is 6.68. The largest absolute Gasteiger partial charge is 0.328 e. The number of benzene rings is 1. The molecular formula is C11H17NO2S. The summed E-state index contributed by atoms with van der Waals surface area (Å²) in [6, 6.07) is 7.05. The summed E-state index contributed by atoms with van der Waals surface area (Å²) < 4.78 is 23.0. The lowest BCUT2D eigenvalue weighted by Gasteiger charge is -2.06. The molecule has 1 aromatic carbocycles. The SMILES string of the molecule is CCS(=O)(=O)c1ccc(CC(C)N)cc1. The molecule has 0 aliphatic rings. The van der Waals surface area contributed by atoms with Crippen molar-refractivity contribution in [3.63, 3.8) is 0 Å². The van der Waals surface area contributed by atoms with Crippen molar-refractivity contribution in [1.29, 1.82) is 0 Å². The number of sulfone groups is 1. The Bertz CT molecular complexity index is 407. The van der Waals surface area contributed by atoms with Crippen molar-refractivity contribution < 1.29 is 8.42 Å². The van der Waals surface area contributed by atoms with Crippen LogP contribution in [0.2, 0.25) is 0 Å². The Kier molecular flexibility index (Phi) is 3.88. The maximum atomic E-state index is 11.5. The Morgan fingerprint density at radius 3 is 2.20 bits per heavy atom. The van der Waals surface area contributed by atoms with E-state index in [1.54, 1.807) is 19.1 Å². The molecule has 3 nitrogen and oxygen atoms in total. The minimum atomic E-state index is -3.07. The minimum Gasteiger partial charge on any atom is -0.328 e. The number of hydrogen-bond acceptors (Lipinski definition) is 3. The molecule has 0 radical (unpaired) electrons. The molecule has 0 fully saturated rings. The molecule has 0 spiro atoms. The topological polar surface area (TPSA) is 60.2 Å². The first-order chi connectivity index (χ1) is 6.95. The van der Waals surface area contributed by atoms with Crippen LogP contribution in [0.4, 0.5) is 0 Å². The van der Waals surface area contributed by atoms with Gasteiger partial charge in [-0.05, 0) is 31.0 Å². The number of rotatable bonds is 4. The van der Waals surface area contributed by atoms with Gasteiger partial charge in [0.1, 0.15) is 0 Å². The summed E-state index contributed by atoms with van der Waals surface area (Å²) in [6.07, 6.45) is 0.770. The Labute approximate surface area is 91.2 Å². The summed E-state index contributed by atoms with van der Waals surface area (Å²) in [4.78, 5) is 0.387. The van der Waals surface area contributed by atoms with Crippen molar-refractivity contribution >= 4 is 9.84 Å². The Morgan fingerprint density at radius 2 is 1.80 bits per heavy atom. The van der Waals surface area contributed by atoms with Gasteiger partial charge in [0.15, 0.2) is 9.84 Å². The van der Waals surface area contributed by atoms with E-state index in [1.807, 2.05) is 19.1 Å². The molecule has 0 aromatic heterocycles. The Hall–Kier alpha value is -0.870. The predicted molar refractivity (Wildman–Crippen MR) is 61.5 cm³/mol. The summed E-state index contributed by atoms with van der Waals surface area (Å²) in [7, 11) is -3.07. The van der Waals surface area contributed by atoms with Crippen molar-refractivity contribution in [2.45, 2.75) is 31.2 Å². The van der Waals surface area contributed by atoms with Crippen molar-refractivity contribution in [3.05, 3.63) is 29.8 Å². The van der Waals surface area contributed by atoms with E-state index in [1.165, 1.54) is 0 Å². The van der Waals surface area contributed by atoms with E-state index in [0.29, 0.717) is 4.90 Å². The molecule has 1 aromatic rings. The van der Waals surface area contributed by atoms with Gasteiger partial charge < -0.3 is 5.73 Å². The molecule has 1 atom stereocenters. The molecular weight excluding hydrogens is 210 g/mol. The summed E-state index contributed by atoms with van der Waals surface area (Å²) in [6.45, 7) is 3.57. The highest BCUT2D eigenvalue weighted by atomic mass is 32.2. The third-order valence-electron chi connectivity index (χ3n) is 2.22. The van der Waals surface area contributed by atoms with Gasteiger partial charge in [-0.15, -0.1) is 0 Å². The van der Waals surface area contributed by atoms with Gasteiger partial charge in [0.05, 0.1) is 10.6 Å². The third kappa shape index (κ3) is 3.32. The fourth-order valence-electron chi connectivity index (χ4n) is 1.37. The lowest BCUT2D eigenvalue weighted by atomic mass is 10.1. The molecule has 0 bridgehead atoms. The van der Waals surface area contributed by atoms with E-state index in [2.05, 4.69) is 0 Å². The predicted octanol–water partition coefficient (Wildman–Crippen LogP) is 1.37. The second-order valence-corrected chi connectivity index (χ2v) is 6.01. The van der Waals surface area contributed by atoms with Crippen LogP contribution < -0.4 is 5.73 Å². The smallest absolute Gasteiger partial charge is 0.178 e. The lowest BCUT2D eigenvalue weighted by molar-refractivity contribution is 0.597. The maximum absolute atomic E-state index is 11.5. The average molecular weight is 227 g/mol. The summed E-state index contributed by atoms with van der Waals surface area (Å²) >= 11 is 0. The van der Waals surface area contributed by atoms with Crippen LogP contribution in [-0.2, 0) is 16.3 Å². The molecule has 4 heteroatoms. The van der Waals surface area contributed by atoms with E-state index >= 15 is 0 Å². The summed E-state index contributed by atoms with van der Waals surface area (Å²) in [5.41, 5.74) is 6.73. The molecule has 0 amide bonds. The molecule has 2 N–H and O–H groups in total. The van der Waals surface area contributed by atoms with Gasteiger partial charge in [-0.1, -0.05) is 19.1 Å². The number of hydrogen-bond donors (Lipinski definition) is 1. The zero-order valence-electron chi connectivity index (χ0n) is 9.10. The van der Waals surface area contributed by atoms with E-state index in [9.17, 15) is 8.42 Å². The molecule has 0 heterocycles. The molecule has 0 saturated carbocycles. The lowest BCUT2D eigenvalue weighted by Crippen LogP contribution is -2.17. The van der Waals surface area contributed by atoms with Gasteiger partial charge in [0.2, 0.25) is 0 Å². The van der Waals surface area contributed by atoms with Crippen molar-refractivity contribution in [2.24, 2.45) is 5.73 Å². The van der Waals surface area contributed by atoms with Crippen molar-refractivity contribution in [2.75, 3.05) is 5.75 Å². The molecule has 15 heavy (non-hydrogen) atoms. The highest BCUT2D eigenvalue weighted by molar-refractivity contribution is 7.91. The van der Waals surface area contributed by atoms with Crippen LogP contribution in [-0.4, -0.2) is 20.2 Å². The van der Waals surface area contributed by atoms with Crippen LogP contribution in [0.15, 0.2) is 29.2 Å². The van der Waals surface area contributed by atoms with Crippen LogP contribution in [0, 0.1) is 0 Å². The van der Waals surface area contributed by atoms with Crippen molar-refractivity contribution in [3.8, 4) is 0 Å². The zero-order chi connectivity index (χ0) is 11.5. The van der Waals surface area contributed by atoms with Gasteiger partial charge in [-0.2, -0.15) is 0 Å². The molecule has 0 aliphatic carbocycles. The highest BCUT2D eigenvalue weighted by Gasteiger charge is 2.10. The first-order valence-electron chi connectivity index (χ1n) is 5.03. The molecule has 1 rings (SSSR count). The zero-order valence-corrected chi connectivity index (χ0v) is 9.92. The second kappa shape index (κ2) is 4.77. The van der Waals surface area contributed by atoms with E-state index < -0.39 is 9.84 Å². The van der Waals surface area contributed by atoms with E-state index in [-0.39, 0.29) is 11.8 Å². The average Bonchev–Trinajstić information content (AvgIpc) is 2.18. The summed E-state index contributed by atoms with van der Waals surface area (Å²) in [5, 5.41) is 0. The quantitative estimate of drug-likeness (QED) is 0.845. The minimum absolute atomic E-state index is 0.0960. The van der Waals surface area contributed by atoms with Gasteiger partial charge in [-0.3, -0.25) is 0 Å². The third-order valence-corrected chi connectivity index (χ3v) is 3.97. The first kappa shape index (κ1) is 12.2. The van der Waals surface area contributed by atoms with Crippen LogP contribution in [0.5, 0.6) is 0 Å². The van der Waals surface area contributed by atoms with E-state index in [4.69, 9.17) is 5.73 Å². The van der Waals surface area contributed by atoms with Crippen LogP contribution >= 0.6 is 0 Å². The monoisotopic (exact) mass is 227 g/mol. The fourth-order valence-corrected chi connectivity index (χ4v) is 2.26. The standard InChI is InChI=1S/C11H17NO2S/c1-3-15(13,14)11-6-4-10(5-7-11)8-9(2)12/h4-7,9H,3,8,12H2,1-2H3. The van der Waals surface area contributed by atoms with Crippen LogP contribution in [0.1, 0.15) is 19.4 Å². The molecule has 0 aliphatic heterocycles. The van der Waals surface area contributed by atoms with Crippen LogP contribution in [0.3, 0.4) is 0 Å². The summed E-state index contributed by atoms with van der Waals surface area (Å²) in [5.74, 6) is 0.139. The molecule has 0 saturated heterocycles. The van der Waals surface area contributed by atoms with E-state index in [0.717, 1.165) is 12.0 Å². The maximum Gasteiger partial charge on any atom is 0.178 e. The normalized spacial score (nSPS) is 13.8. The fraction of sp³-hybridized carbons (Fsp3) is 0.455. The van der Waals surface area contributed by atoms with Gasteiger partial charge >= 0.3 is 0 Å². The van der Waals surface area contributed by atoms with Gasteiger partial charge in [0.25, 0.3) is 0 Å².